The molecule has 4 rings (SSSR count). The van der Waals surface area contributed by atoms with Crippen LogP contribution >= 0.6 is 11.6 Å². The van der Waals surface area contributed by atoms with Crippen LogP contribution in [0.15, 0.2) is 36.7 Å². The fraction of sp³-hybridized carbons (Fsp3) is 0.318. The second kappa shape index (κ2) is 8.28. The monoisotopic (exact) mass is 444 g/mol. The molecule has 0 aliphatic carbocycles. The number of primary amides is 1. The minimum atomic E-state index is -0.561. The molecule has 2 heterocycles. The van der Waals surface area contributed by atoms with Gasteiger partial charge in [0.2, 0.25) is 0 Å². The summed E-state index contributed by atoms with van der Waals surface area (Å²) in [6.07, 6.45) is 3.26. The lowest BCUT2D eigenvalue weighted by Gasteiger charge is -2.34. The smallest absolute Gasteiger partial charge is 0.414 e. The number of aromatic nitrogens is 2. The molecule has 31 heavy (non-hydrogen) atoms. The molecule has 0 saturated carbocycles. The van der Waals surface area contributed by atoms with Gasteiger partial charge in [-0.2, -0.15) is 0 Å². The molecule has 2 aromatic carbocycles. The predicted octanol–water partition coefficient (Wildman–Crippen LogP) is 4.75. The van der Waals surface area contributed by atoms with Crippen LogP contribution in [0.5, 0.6) is 5.75 Å². The Balaban J connectivity index is 1.81. The molecular formula is C22H24ClFN5O2+. The molecule has 0 bridgehead atoms. The number of fused-ring (bicyclic) bond motifs is 1. The zero-order chi connectivity index (χ0) is 22.2. The number of amides is 2. The summed E-state index contributed by atoms with van der Waals surface area (Å²) in [5.41, 5.74) is 7.48. The van der Waals surface area contributed by atoms with Crippen molar-refractivity contribution in [3.63, 3.8) is 0 Å². The third-order valence-corrected chi connectivity index (χ3v) is 6.45. The fourth-order valence-corrected chi connectivity index (χ4v) is 4.52. The van der Waals surface area contributed by atoms with E-state index in [4.69, 9.17) is 22.1 Å². The summed E-state index contributed by atoms with van der Waals surface area (Å²) in [4.78, 5) is 21.1. The standard InChI is InChI=1S/C22H23ClFN5O2/c1-13-5-4-8-29(13,22(25)30)11-14-9-15-18(10-19(14)31-2)26-12-27-21(15)28-17-7-3-6-16(23)20(17)24/h3,6-7,9-10,12-13H,4-5,8,11H2,1-2H3,(H2-,25,26,27,28,30)/p+1/t13-,29?/m1/s1. The third-order valence-electron chi connectivity index (χ3n) is 6.16. The number of halogens is 2. The number of ether oxygens (including phenoxy) is 1. The van der Waals surface area contributed by atoms with E-state index in [-0.39, 0.29) is 27.3 Å². The molecule has 0 radical (unpaired) electrons. The minimum absolute atomic E-state index is 0.0154. The van der Waals surface area contributed by atoms with Gasteiger partial charge in [-0.15, -0.1) is 0 Å². The van der Waals surface area contributed by atoms with Crippen LogP contribution < -0.4 is 15.8 Å². The summed E-state index contributed by atoms with van der Waals surface area (Å²) < 4.78 is 20.2. The van der Waals surface area contributed by atoms with E-state index in [1.807, 2.05) is 13.0 Å². The Hall–Kier alpha value is -2.97. The molecule has 2 amide bonds. The zero-order valence-corrected chi connectivity index (χ0v) is 18.1. The number of carbonyl (C=O) groups is 1. The molecule has 2 atom stereocenters. The second-order valence-corrected chi connectivity index (χ2v) is 8.28. The molecule has 1 aliphatic heterocycles. The van der Waals surface area contributed by atoms with E-state index in [9.17, 15) is 9.18 Å². The molecule has 9 heteroatoms. The summed E-state index contributed by atoms with van der Waals surface area (Å²) in [7, 11) is 1.58. The number of benzene rings is 2. The number of hydrogen-bond donors (Lipinski definition) is 2. The first-order valence-corrected chi connectivity index (χ1v) is 10.4. The van der Waals surface area contributed by atoms with Crippen LogP contribution in [-0.4, -0.2) is 40.2 Å². The number of carbonyl (C=O) groups excluding carboxylic acids is 1. The van der Waals surface area contributed by atoms with Crippen LogP contribution in [-0.2, 0) is 6.54 Å². The van der Waals surface area contributed by atoms with Crippen molar-refractivity contribution >= 4 is 40.0 Å². The number of nitrogens with two attached hydrogens (primary N) is 1. The highest BCUT2D eigenvalue weighted by atomic mass is 35.5. The summed E-state index contributed by atoms with van der Waals surface area (Å²) in [5.74, 6) is 0.480. The summed E-state index contributed by atoms with van der Waals surface area (Å²) in [6.45, 7) is 3.13. The van der Waals surface area contributed by atoms with Crippen molar-refractivity contribution in [3.05, 3.63) is 53.1 Å². The molecule has 3 N–H and O–H groups in total. The number of hydrogen-bond acceptors (Lipinski definition) is 5. The van der Waals surface area contributed by atoms with Gasteiger partial charge in [-0.05, 0) is 25.1 Å². The Bertz CT molecular complexity index is 1160. The second-order valence-electron chi connectivity index (χ2n) is 7.88. The van der Waals surface area contributed by atoms with Crippen molar-refractivity contribution in [2.24, 2.45) is 5.73 Å². The van der Waals surface area contributed by atoms with Gasteiger partial charge in [0, 0.05) is 29.9 Å². The molecule has 1 saturated heterocycles. The van der Waals surface area contributed by atoms with Gasteiger partial charge in [0.15, 0.2) is 5.82 Å². The Kier molecular flexibility index (Phi) is 5.68. The molecule has 1 fully saturated rings. The van der Waals surface area contributed by atoms with Crippen molar-refractivity contribution in [1.82, 2.24) is 9.97 Å². The van der Waals surface area contributed by atoms with Gasteiger partial charge < -0.3 is 15.8 Å². The van der Waals surface area contributed by atoms with Gasteiger partial charge in [-0.1, -0.05) is 17.7 Å². The van der Waals surface area contributed by atoms with E-state index in [2.05, 4.69) is 15.3 Å². The normalized spacial score (nSPS) is 20.7. The van der Waals surface area contributed by atoms with Gasteiger partial charge in [0.25, 0.3) is 0 Å². The van der Waals surface area contributed by atoms with Gasteiger partial charge in [-0.3, -0.25) is 0 Å². The number of quaternary nitrogens is 1. The average molecular weight is 445 g/mol. The quantitative estimate of drug-likeness (QED) is 0.554. The molecule has 0 spiro atoms. The van der Waals surface area contributed by atoms with E-state index in [1.165, 1.54) is 12.4 Å². The van der Waals surface area contributed by atoms with Crippen LogP contribution in [0.2, 0.25) is 5.02 Å². The lowest BCUT2D eigenvalue weighted by atomic mass is 10.1. The first-order valence-electron chi connectivity index (χ1n) is 10.0. The molecular weight excluding hydrogens is 421 g/mol. The van der Waals surface area contributed by atoms with Gasteiger partial charge in [-0.25, -0.2) is 23.6 Å². The number of likely N-dealkylation sites (tertiary alicyclic amines) is 1. The maximum atomic E-state index is 14.4. The molecule has 1 aromatic heterocycles. The summed E-state index contributed by atoms with van der Waals surface area (Å²) in [5, 5.41) is 3.70. The number of methoxy groups -OCH3 is 1. The van der Waals surface area contributed by atoms with E-state index in [1.54, 1.807) is 25.3 Å². The number of nitrogens with one attached hydrogen (secondary N) is 1. The van der Waals surface area contributed by atoms with E-state index in [0.29, 0.717) is 35.6 Å². The Labute approximate surface area is 184 Å². The lowest BCUT2D eigenvalue weighted by molar-refractivity contribution is -0.872. The highest BCUT2D eigenvalue weighted by molar-refractivity contribution is 6.31. The average Bonchev–Trinajstić information content (AvgIpc) is 3.12. The van der Waals surface area contributed by atoms with Crippen molar-refractivity contribution in [1.29, 1.82) is 0 Å². The van der Waals surface area contributed by atoms with Crippen LogP contribution in [0.1, 0.15) is 25.3 Å². The minimum Gasteiger partial charge on any atom is -0.496 e. The third kappa shape index (κ3) is 3.77. The van der Waals surface area contributed by atoms with Crippen LogP contribution in [0.4, 0.5) is 20.7 Å². The highest BCUT2D eigenvalue weighted by Crippen LogP contribution is 2.36. The van der Waals surface area contributed by atoms with E-state index in [0.717, 1.165) is 18.4 Å². The van der Waals surface area contributed by atoms with E-state index < -0.39 is 5.82 Å². The van der Waals surface area contributed by atoms with Gasteiger partial charge in [0.05, 0.1) is 35.9 Å². The largest absolute Gasteiger partial charge is 0.496 e. The maximum absolute atomic E-state index is 14.4. The molecule has 1 aliphatic rings. The zero-order valence-electron chi connectivity index (χ0n) is 17.4. The maximum Gasteiger partial charge on any atom is 0.414 e. The van der Waals surface area contributed by atoms with Crippen LogP contribution in [0.3, 0.4) is 0 Å². The van der Waals surface area contributed by atoms with Crippen LogP contribution in [0.25, 0.3) is 10.9 Å². The molecule has 1 unspecified atom stereocenters. The number of urea groups is 1. The van der Waals surface area contributed by atoms with Crippen molar-refractivity contribution < 1.29 is 18.4 Å². The molecule has 3 aromatic rings. The molecule has 7 nitrogen and oxygen atoms in total. The first-order chi connectivity index (χ1) is 14.9. The summed E-state index contributed by atoms with van der Waals surface area (Å²) >= 11 is 5.91. The van der Waals surface area contributed by atoms with Gasteiger partial charge in [0.1, 0.15) is 24.4 Å². The summed E-state index contributed by atoms with van der Waals surface area (Å²) in [6, 6.07) is 8.16. The fourth-order valence-electron chi connectivity index (χ4n) is 4.35. The first kappa shape index (κ1) is 21.3. The topological polar surface area (TPSA) is 90.1 Å². The SMILES string of the molecule is COc1cc2ncnc(Nc3cccc(Cl)c3F)c2cc1C[N+]1(C(N)=O)CCC[C@H]1C. The van der Waals surface area contributed by atoms with Crippen molar-refractivity contribution in [2.75, 3.05) is 19.0 Å². The van der Waals surface area contributed by atoms with E-state index >= 15 is 0 Å². The van der Waals surface area contributed by atoms with Crippen LogP contribution in [0, 0.1) is 5.82 Å². The van der Waals surface area contributed by atoms with Gasteiger partial charge >= 0.3 is 6.03 Å². The Morgan fingerprint density at radius 2 is 2.19 bits per heavy atom. The molecule has 162 valence electrons. The number of anilines is 2. The number of rotatable bonds is 5. The number of nitrogens with zero attached hydrogens (tertiary/aromatic N) is 3. The lowest BCUT2D eigenvalue weighted by Crippen LogP contribution is -2.56. The van der Waals surface area contributed by atoms with Crippen molar-refractivity contribution in [2.45, 2.75) is 32.4 Å². The van der Waals surface area contributed by atoms with Crippen molar-refractivity contribution in [3.8, 4) is 5.75 Å². The Morgan fingerprint density at radius 3 is 2.87 bits per heavy atom. The predicted molar refractivity (Wildman–Crippen MR) is 118 cm³/mol. The highest BCUT2D eigenvalue weighted by Gasteiger charge is 2.45. The Morgan fingerprint density at radius 1 is 1.39 bits per heavy atom.